The molecule has 1 heterocycles. The number of hydrogen-bond donors (Lipinski definition) is 1. The Morgan fingerprint density at radius 3 is 2.70 bits per heavy atom. The first kappa shape index (κ1) is 17.9. The fraction of sp³-hybridized carbons (Fsp3) is 0.250. The van der Waals surface area contributed by atoms with Gasteiger partial charge in [0.2, 0.25) is 5.91 Å². The van der Waals surface area contributed by atoms with Gasteiger partial charge < -0.3 is 10.1 Å². The van der Waals surface area contributed by atoms with Crippen LogP contribution in [-0.2, 0) is 4.79 Å². The summed E-state index contributed by atoms with van der Waals surface area (Å²) in [5.41, 5.74) is 1.46. The molecule has 7 heteroatoms. The molecule has 0 fully saturated rings. The number of nitrogens with one attached hydrogen (secondary N) is 1. The lowest BCUT2D eigenvalue weighted by Crippen LogP contribution is -2.22. The molecule has 23 heavy (non-hydrogen) atoms. The van der Waals surface area contributed by atoms with Crippen LogP contribution >= 0.6 is 35.0 Å². The van der Waals surface area contributed by atoms with E-state index in [-0.39, 0.29) is 11.2 Å². The smallest absolute Gasteiger partial charge is 0.237 e. The van der Waals surface area contributed by atoms with Crippen LogP contribution in [0.3, 0.4) is 0 Å². The maximum atomic E-state index is 12.4. The molecule has 1 N–H and O–H groups in total. The van der Waals surface area contributed by atoms with Gasteiger partial charge in [0.05, 0.1) is 28.1 Å². The van der Waals surface area contributed by atoms with Crippen molar-refractivity contribution in [2.24, 2.45) is 0 Å². The van der Waals surface area contributed by atoms with Crippen molar-refractivity contribution < 1.29 is 9.53 Å². The Morgan fingerprint density at radius 2 is 2.09 bits per heavy atom. The molecule has 1 atom stereocenters. The number of pyridine rings is 1. The first-order valence-electron chi connectivity index (χ1n) is 6.84. The largest absolute Gasteiger partial charge is 0.495 e. The summed E-state index contributed by atoms with van der Waals surface area (Å²) in [7, 11) is 1.53. The third kappa shape index (κ3) is 4.77. The van der Waals surface area contributed by atoms with E-state index in [1.807, 2.05) is 13.8 Å². The summed E-state index contributed by atoms with van der Waals surface area (Å²) in [6.45, 7) is 3.68. The monoisotopic (exact) mass is 370 g/mol. The molecule has 1 aromatic heterocycles. The number of benzene rings is 1. The number of amides is 1. The minimum Gasteiger partial charge on any atom is -0.495 e. The quantitative estimate of drug-likeness (QED) is 0.766. The molecule has 0 aliphatic heterocycles. The van der Waals surface area contributed by atoms with Crippen molar-refractivity contribution in [2.45, 2.75) is 24.1 Å². The summed E-state index contributed by atoms with van der Waals surface area (Å²) in [6, 6.07) is 7.00. The zero-order chi connectivity index (χ0) is 17.0. The highest BCUT2D eigenvalue weighted by molar-refractivity contribution is 8.00. The van der Waals surface area contributed by atoms with E-state index in [9.17, 15) is 4.79 Å². The minimum atomic E-state index is -0.329. The number of hydrogen-bond acceptors (Lipinski definition) is 4. The van der Waals surface area contributed by atoms with Crippen LogP contribution in [0.15, 0.2) is 35.5 Å². The first-order chi connectivity index (χ1) is 10.9. The van der Waals surface area contributed by atoms with Crippen molar-refractivity contribution in [2.75, 3.05) is 12.4 Å². The predicted molar refractivity (Wildman–Crippen MR) is 95.9 cm³/mol. The topological polar surface area (TPSA) is 51.2 Å². The van der Waals surface area contributed by atoms with Crippen LogP contribution in [0.1, 0.15) is 12.5 Å². The second-order valence-corrected chi connectivity index (χ2v) is 7.07. The number of carbonyl (C=O) groups is 1. The number of aromatic nitrogens is 1. The predicted octanol–water partition coefficient (Wildman–Crippen LogP) is 4.82. The van der Waals surface area contributed by atoms with Gasteiger partial charge in [0, 0.05) is 17.3 Å². The highest BCUT2D eigenvalue weighted by atomic mass is 35.5. The molecule has 1 amide bonds. The van der Waals surface area contributed by atoms with Gasteiger partial charge in [0.1, 0.15) is 5.75 Å². The molecule has 0 saturated heterocycles. The lowest BCUT2D eigenvalue weighted by molar-refractivity contribution is -0.115. The Bertz CT molecular complexity index is 708. The minimum absolute atomic E-state index is 0.147. The van der Waals surface area contributed by atoms with E-state index in [4.69, 9.17) is 27.9 Å². The van der Waals surface area contributed by atoms with Crippen molar-refractivity contribution >= 4 is 46.6 Å². The SMILES string of the molecule is COc1cc(Cl)c(C)cc1NC(=O)C(C)Sc1ccc(Cl)cn1. The van der Waals surface area contributed by atoms with Crippen LogP contribution in [0.2, 0.25) is 10.0 Å². The Hall–Kier alpha value is -1.43. The highest BCUT2D eigenvalue weighted by Crippen LogP contribution is 2.32. The van der Waals surface area contributed by atoms with Gasteiger partial charge in [-0.1, -0.05) is 35.0 Å². The third-order valence-corrected chi connectivity index (χ3v) is 4.79. The highest BCUT2D eigenvalue weighted by Gasteiger charge is 2.17. The molecule has 0 aliphatic rings. The average molecular weight is 371 g/mol. The number of methoxy groups -OCH3 is 1. The molecule has 0 aliphatic carbocycles. The van der Waals surface area contributed by atoms with E-state index in [1.165, 1.54) is 18.9 Å². The van der Waals surface area contributed by atoms with Gasteiger partial charge in [0.25, 0.3) is 0 Å². The summed E-state index contributed by atoms with van der Waals surface area (Å²) in [5.74, 6) is 0.377. The molecule has 0 spiro atoms. The fourth-order valence-electron chi connectivity index (χ4n) is 1.83. The average Bonchev–Trinajstić information content (AvgIpc) is 2.52. The lowest BCUT2D eigenvalue weighted by Gasteiger charge is -2.15. The van der Waals surface area contributed by atoms with Gasteiger partial charge in [0.15, 0.2) is 0 Å². The third-order valence-electron chi connectivity index (χ3n) is 3.11. The van der Waals surface area contributed by atoms with E-state index in [0.29, 0.717) is 21.5 Å². The number of rotatable bonds is 5. The van der Waals surface area contributed by atoms with Crippen LogP contribution in [0.25, 0.3) is 0 Å². The molecule has 1 unspecified atom stereocenters. The number of anilines is 1. The van der Waals surface area contributed by atoms with E-state index in [0.717, 1.165) is 10.6 Å². The second-order valence-electron chi connectivity index (χ2n) is 4.87. The Morgan fingerprint density at radius 1 is 1.35 bits per heavy atom. The van der Waals surface area contributed by atoms with E-state index < -0.39 is 0 Å². The van der Waals surface area contributed by atoms with Crippen LogP contribution < -0.4 is 10.1 Å². The number of carbonyl (C=O) groups excluding carboxylic acids is 1. The number of nitrogens with zero attached hydrogens (tertiary/aromatic N) is 1. The number of aryl methyl sites for hydroxylation is 1. The Labute approximate surface area is 149 Å². The van der Waals surface area contributed by atoms with Gasteiger partial charge >= 0.3 is 0 Å². The number of halogens is 2. The molecule has 4 nitrogen and oxygen atoms in total. The molecular weight excluding hydrogens is 355 g/mol. The molecule has 0 radical (unpaired) electrons. The maximum Gasteiger partial charge on any atom is 0.237 e. The molecule has 0 bridgehead atoms. The first-order valence-corrected chi connectivity index (χ1v) is 8.47. The van der Waals surface area contributed by atoms with E-state index in [2.05, 4.69) is 10.3 Å². The summed E-state index contributed by atoms with van der Waals surface area (Å²) < 4.78 is 5.26. The zero-order valence-electron chi connectivity index (χ0n) is 12.9. The van der Waals surface area contributed by atoms with Gasteiger partial charge in [-0.2, -0.15) is 0 Å². The Kier molecular flexibility index (Phi) is 6.16. The molecular formula is C16H16Cl2N2O2S. The molecule has 1 aromatic carbocycles. The Balaban J connectivity index is 2.09. The normalized spacial score (nSPS) is 11.9. The van der Waals surface area contributed by atoms with Crippen molar-refractivity contribution in [3.63, 3.8) is 0 Å². The fourth-order valence-corrected chi connectivity index (χ4v) is 2.88. The summed E-state index contributed by atoms with van der Waals surface area (Å²) in [4.78, 5) is 16.5. The van der Waals surface area contributed by atoms with Crippen molar-refractivity contribution in [3.8, 4) is 5.75 Å². The summed E-state index contributed by atoms with van der Waals surface area (Å²) in [6.07, 6.45) is 1.56. The molecule has 2 rings (SSSR count). The number of thioether (sulfide) groups is 1. The van der Waals surface area contributed by atoms with Crippen molar-refractivity contribution in [1.29, 1.82) is 0 Å². The van der Waals surface area contributed by atoms with Crippen LogP contribution in [0, 0.1) is 6.92 Å². The zero-order valence-corrected chi connectivity index (χ0v) is 15.2. The molecule has 122 valence electrons. The van der Waals surface area contributed by atoms with E-state index in [1.54, 1.807) is 30.5 Å². The van der Waals surface area contributed by atoms with Gasteiger partial charge in [-0.15, -0.1) is 0 Å². The summed E-state index contributed by atoms with van der Waals surface area (Å²) in [5, 5.41) is 4.42. The maximum absolute atomic E-state index is 12.4. The van der Waals surface area contributed by atoms with Crippen LogP contribution in [0.5, 0.6) is 5.75 Å². The van der Waals surface area contributed by atoms with Crippen molar-refractivity contribution in [3.05, 3.63) is 46.1 Å². The van der Waals surface area contributed by atoms with E-state index >= 15 is 0 Å². The van der Waals surface area contributed by atoms with Gasteiger partial charge in [-0.25, -0.2) is 4.98 Å². The standard InChI is InChI=1S/C16H16Cl2N2O2S/c1-9-6-13(14(22-3)7-12(9)18)20-16(21)10(2)23-15-5-4-11(17)8-19-15/h4-8,10H,1-3H3,(H,20,21). The van der Waals surface area contributed by atoms with Gasteiger partial charge in [-0.3, -0.25) is 4.79 Å². The van der Waals surface area contributed by atoms with Crippen LogP contribution in [0.4, 0.5) is 5.69 Å². The van der Waals surface area contributed by atoms with Crippen LogP contribution in [-0.4, -0.2) is 23.3 Å². The second kappa shape index (κ2) is 7.90. The van der Waals surface area contributed by atoms with Gasteiger partial charge in [-0.05, 0) is 37.6 Å². The molecule has 2 aromatic rings. The number of ether oxygens (including phenoxy) is 1. The lowest BCUT2D eigenvalue weighted by atomic mass is 10.2. The van der Waals surface area contributed by atoms with Crippen molar-refractivity contribution in [1.82, 2.24) is 4.98 Å². The summed E-state index contributed by atoms with van der Waals surface area (Å²) >= 11 is 13.2. The molecule has 0 saturated carbocycles.